The molecule has 2 rings (SSSR count). The Labute approximate surface area is 81.4 Å². The zero-order valence-corrected chi connectivity index (χ0v) is 7.46. The van der Waals surface area contributed by atoms with Crippen LogP contribution < -0.4 is 0 Å². The lowest BCUT2D eigenvalue weighted by atomic mass is 10.2. The second-order valence-electron chi connectivity index (χ2n) is 2.83. The van der Waals surface area contributed by atoms with Gasteiger partial charge in [0.15, 0.2) is 0 Å². The molecule has 2 aromatic rings. The van der Waals surface area contributed by atoms with E-state index >= 15 is 0 Å². The maximum atomic E-state index is 8.46. The van der Waals surface area contributed by atoms with Gasteiger partial charge in [0.2, 0.25) is 0 Å². The Kier molecular flexibility index (Phi) is 2.24. The topological polar surface area (TPSA) is 54.5 Å². The first-order valence-electron chi connectivity index (χ1n) is 4.22. The van der Waals surface area contributed by atoms with Crippen LogP contribution in [0.3, 0.4) is 0 Å². The van der Waals surface area contributed by atoms with Crippen molar-refractivity contribution in [1.29, 1.82) is 5.26 Å². The smallest absolute Gasteiger partial charge is 0.129 e. The van der Waals surface area contributed by atoms with Gasteiger partial charge in [-0.3, -0.25) is 0 Å². The minimum atomic E-state index is 0.236. The van der Waals surface area contributed by atoms with Gasteiger partial charge in [0.25, 0.3) is 0 Å². The number of nitriles is 1. The zero-order chi connectivity index (χ0) is 9.80. The standard InChI is InChI=1S/C10H8N4/c11-6-7-14-8-10(12-13-14)9-4-2-1-3-5-9/h1-5,8H,7H2. The Bertz CT molecular complexity index is 452. The van der Waals surface area contributed by atoms with E-state index in [0.717, 1.165) is 11.3 Å². The van der Waals surface area contributed by atoms with E-state index in [4.69, 9.17) is 5.26 Å². The third kappa shape index (κ3) is 1.62. The quantitative estimate of drug-likeness (QED) is 0.710. The minimum Gasteiger partial charge on any atom is -0.238 e. The SMILES string of the molecule is N#CCn1cc(-c2ccccc2)nn1. The van der Waals surface area contributed by atoms with Gasteiger partial charge in [-0.05, 0) is 0 Å². The van der Waals surface area contributed by atoms with Crippen molar-refractivity contribution in [2.75, 3.05) is 0 Å². The van der Waals surface area contributed by atoms with E-state index in [1.54, 1.807) is 6.20 Å². The third-order valence-electron chi connectivity index (χ3n) is 1.84. The van der Waals surface area contributed by atoms with Crippen LogP contribution in [0.1, 0.15) is 0 Å². The van der Waals surface area contributed by atoms with Crippen LogP contribution in [0, 0.1) is 11.3 Å². The zero-order valence-electron chi connectivity index (χ0n) is 7.46. The first-order valence-corrected chi connectivity index (χ1v) is 4.22. The van der Waals surface area contributed by atoms with Gasteiger partial charge in [-0.2, -0.15) is 5.26 Å². The second kappa shape index (κ2) is 3.71. The lowest BCUT2D eigenvalue weighted by Gasteiger charge is -1.91. The fourth-order valence-corrected chi connectivity index (χ4v) is 1.19. The number of rotatable bonds is 2. The summed E-state index contributed by atoms with van der Waals surface area (Å²) in [7, 11) is 0. The molecule has 0 saturated heterocycles. The number of nitrogens with zero attached hydrogens (tertiary/aromatic N) is 4. The van der Waals surface area contributed by atoms with Crippen LogP contribution >= 0.6 is 0 Å². The van der Waals surface area contributed by atoms with Crippen molar-refractivity contribution < 1.29 is 0 Å². The number of benzene rings is 1. The number of hydrogen-bond acceptors (Lipinski definition) is 3. The molecule has 0 saturated carbocycles. The highest BCUT2D eigenvalue weighted by Gasteiger charge is 2.01. The van der Waals surface area contributed by atoms with Gasteiger partial charge >= 0.3 is 0 Å². The first-order chi connectivity index (χ1) is 6.90. The molecule has 0 aliphatic carbocycles. The molecule has 0 amide bonds. The molecule has 0 spiro atoms. The van der Waals surface area contributed by atoms with Crippen molar-refractivity contribution in [3.63, 3.8) is 0 Å². The van der Waals surface area contributed by atoms with Crippen molar-refractivity contribution in [3.8, 4) is 17.3 Å². The van der Waals surface area contributed by atoms with Gasteiger partial charge in [0, 0.05) is 5.56 Å². The summed E-state index contributed by atoms with van der Waals surface area (Å²) in [6.45, 7) is 0.236. The maximum Gasteiger partial charge on any atom is 0.129 e. The Morgan fingerprint density at radius 1 is 1.29 bits per heavy atom. The molecule has 0 radical (unpaired) electrons. The molecule has 1 aromatic heterocycles. The highest BCUT2D eigenvalue weighted by molar-refractivity contribution is 5.57. The van der Waals surface area contributed by atoms with Crippen LogP contribution in [0.25, 0.3) is 11.3 Å². The molecular formula is C10H8N4. The predicted molar refractivity (Wildman–Crippen MR) is 51.1 cm³/mol. The molecule has 0 aliphatic heterocycles. The molecule has 68 valence electrons. The summed E-state index contributed by atoms with van der Waals surface area (Å²) in [5.74, 6) is 0. The molecule has 4 heteroatoms. The van der Waals surface area contributed by atoms with E-state index in [1.807, 2.05) is 36.4 Å². The molecule has 0 N–H and O–H groups in total. The molecule has 0 bridgehead atoms. The van der Waals surface area contributed by atoms with E-state index < -0.39 is 0 Å². The van der Waals surface area contributed by atoms with E-state index in [0.29, 0.717) is 0 Å². The molecule has 0 unspecified atom stereocenters. The van der Waals surface area contributed by atoms with Crippen molar-refractivity contribution >= 4 is 0 Å². The summed E-state index contributed by atoms with van der Waals surface area (Å²) in [4.78, 5) is 0. The van der Waals surface area contributed by atoms with Crippen molar-refractivity contribution in [3.05, 3.63) is 36.5 Å². The Morgan fingerprint density at radius 2 is 2.07 bits per heavy atom. The van der Waals surface area contributed by atoms with E-state index in [-0.39, 0.29) is 6.54 Å². The molecule has 1 heterocycles. The second-order valence-corrected chi connectivity index (χ2v) is 2.83. The van der Waals surface area contributed by atoms with Gasteiger partial charge in [-0.15, -0.1) is 5.10 Å². The van der Waals surface area contributed by atoms with Crippen molar-refractivity contribution in [1.82, 2.24) is 15.0 Å². The molecular weight excluding hydrogens is 176 g/mol. The summed E-state index contributed by atoms with van der Waals surface area (Å²) in [5.41, 5.74) is 1.80. The fourth-order valence-electron chi connectivity index (χ4n) is 1.19. The summed E-state index contributed by atoms with van der Waals surface area (Å²) < 4.78 is 1.52. The normalized spacial score (nSPS) is 9.64. The lowest BCUT2D eigenvalue weighted by Crippen LogP contribution is -1.94. The Balaban J connectivity index is 2.31. The van der Waals surface area contributed by atoms with Crippen molar-refractivity contribution in [2.24, 2.45) is 0 Å². The van der Waals surface area contributed by atoms with Gasteiger partial charge in [-0.1, -0.05) is 35.5 Å². The Hall–Kier alpha value is -2.15. The highest BCUT2D eigenvalue weighted by Crippen LogP contribution is 2.14. The van der Waals surface area contributed by atoms with E-state index in [9.17, 15) is 0 Å². The van der Waals surface area contributed by atoms with Gasteiger partial charge in [0.05, 0.1) is 12.3 Å². The van der Waals surface area contributed by atoms with Gasteiger partial charge in [0.1, 0.15) is 12.2 Å². The number of aromatic nitrogens is 3. The summed E-state index contributed by atoms with van der Waals surface area (Å²) in [5, 5.41) is 16.3. The van der Waals surface area contributed by atoms with E-state index in [1.165, 1.54) is 4.68 Å². The van der Waals surface area contributed by atoms with Gasteiger partial charge < -0.3 is 0 Å². The summed E-state index contributed by atoms with van der Waals surface area (Å²) in [6.07, 6.45) is 1.76. The molecule has 14 heavy (non-hydrogen) atoms. The molecule has 1 aromatic carbocycles. The molecule has 0 fully saturated rings. The molecule has 4 nitrogen and oxygen atoms in total. The lowest BCUT2D eigenvalue weighted by molar-refractivity contribution is 0.668. The van der Waals surface area contributed by atoms with Crippen LogP contribution in [0.5, 0.6) is 0 Å². The van der Waals surface area contributed by atoms with Crippen molar-refractivity contribution in [2.45, 2.75) is 6.54 Å². The van der Waals surface area contributed by atoms with E-state index in [2.05, 4.69) is 10.3 Å². The highest BCUT2D eigenvalue weighted by atomic mass is 15.4. The summed E-state index contributed by atoms with van der Waals surface area (Å²) in [6, 6.07) is 11.8. The third-order valence-corrected chi connectivity index (χ3v) is 1.84. The largest absolute Gasteiger partial charge is 0.238 e. The van der Waals surface area contributed by atoms with Crippen LogP contribution in [0.2, 0.25) is 0 Å². The monoisotopic (exact) mass is 184 g/mol. The first kappa shape index (κ1) is 8.45. The van der Waals surface area contributed by atoms with Crippen LogP contribution in [0.4, 0.5) is 0 Å². The average molecular weight is 184 g/mol. The molecule has 0 aliphatic rings. The maximum absolute atomic E-state index is 8.46. The summed E-state index contributed by atoms with van der Waals surface area (Å²) >= 11 is 0. The van der Waals surface area contributed by atoms with Gasteiger partial charge in [-0.25, -0.2) is 4.68 Å². The molecule has 0 atom stereocenters. The average Bonchev–Trinajstić information content (AvgIpc) is 2.68. The van der Waals surface area contributed by atoms with Crippen LogP contribution in [-0.4, -0.2) is 15.0 Å². The number of hydrogen-bond donors (Lipinski definition) is 0. The van der Waals surface area contributed by atoms with Crippen LogP contribution in [-0.2, 0) is 6.54 Å². The predicted octanol–water partition coefficient (Wildman–Crippen LogP) is 1.47. The minimum absolute atomic E-state index is 0.236. The fraction of sp³-hybridized carbons (Fsp3) is 0.100. The van der Waals surface area contributed by atoms with Crippen LogP contribution in [0.15, 0.2) is 36.5 Å². The Morgan fingerprint density at radius 3 is 2.79 bits per heavy atom.